The van der Waals surface area contributed by atoms with E-state index in [-0.39, 0.29) is 0 Å². The van der Waals surface area contributed by atoms with E-state index in [0.717, 1.165) is 32.1 Å². The lowest BCUT2D eigenvalue weighted by Crippen LogP contribution is -2.27. The van der Waals surface area contributed by atoms with Gasteiger partial charge in [0.25, 0.3) is 0 Å². The molecule has 1 aliphatic carbocycles. The predicted molar refractivity (Wildman–Crippen MR) is 87.0 cm³/mol. The Morgan fingerprint density at radius 2 is 1.90 bits per heavy atom. The third kappa shape index (κ3) is 4.92. The zero-order valence-electron chi connectivity index (χ0n) is 13.2. The SMILES string of the molecule is CCCCN(Cc1ccccc1CCNCC)C1CC1. The van der Waals surface area contributed by atoms with Crippen molar-refractivity contribution in [1.29, 1.82) is 0 Å². The van der Waals surface area contributed by atoms with Gasteiger partial charge >= 0.3 is 0 Å². The molecule has 1 aromatic rings. The number of nitrogens with zero attached hydrogens (tertiary/aromatic N) is 1. The molecule has 0 spiro atoms. The first kappa shape index (κ1) is 15.5. The lowest BCUT2D eigenvalue weighted by atomic mass is 10.0. The van der Waals surface area contributed by atoms with Crippen molar-refractivity contribution in [3.63, 3.8) is 0 Å². The van der Waals surface area contributed by atoms with Gasteiger partial charge in [0.05, 0.1) is 0 Å². The van der Waals surface area contributed by atoms with Gasteiger partial charge in [-0.05, 0) is 56.4 Å². The summed E-state index contributed by atoms with van der Waals surface area (Å²) < 4.78 is 0. The Morgan fingerprint density at radius 3 is 2.55 bits per heavy atom. The second-order valence-corrected chi connectivity index (χ2v) is 5.93. The number of likely N-dealkylation sites (N-methyl/N-ethyl adjacent to an activating group) is 1. The van der Waals surface area contributed by atoms with Crippen molar-refractivity contribution in [3.05, 3.63) is 35.4 Å². The molecule has 0 aromatic heterocycles. The fraction of sp³-hybridized carbons (Fsp3) is 0.667. The first-order valence-electron chi connectivity index (χ1n) is 8.36. The molecule has 0 unspecified atom stereocenters. The largest absolute Gasteiger partial charge is 0.317 e. The van der Waals surface area contributed by atoms with Crippen LogP contribution in [0.1, 0.15) is 50.7 Å². The Bertz CT molecular complexity index is 385. The van der Waals surface area contributed by atoms with Crippen LogP contribution >= 0.6 is 0 Å². The molecular formula is C18H30N2. The summed E-state index contributed by atoms with van der Waals surface area (Å²) in [7, 11) is 0. The number of hydrogen-bond donors (Lipinski definition) is 1. The van der Waals surface area contributed by atoms with Crippen molar-refractivity contribution in [1.82, 2.24) is 10.2 Å². The van der Waals surface area contributed by atoms with Crippen LogP contribution in [-0.4, -0.2) is 30.6 Å². The minimum absolute atomic E-state index is 0.864. The number of unbranched alkanes of at least 4 members (excludes halogenated alkanes) is 1. The zero-order chi connectivity index (χ0) is 14.2. The Balaban J connectivity index is 1.95. The molecule has 1 N–H and O–H groups in total. The number of hydrogen-bond acceptors (Lipinski definition) is 2. The highest BCUT2D eigenvalue weighted by atomic mass is 15.2. The van der Waals surface area contributed by atoms with Crippen molar-refractivity contribution >= 4 is 0 Å². The van der Waals surface area contributed by atoms with Crippen molar-refractivity contribution < 1.29 is 0 Å². The monoisotopic (exact) mass is 274 g/mol. The van der Waals surface area contributed by atoms with Gasteiger partial charge in [0.15, 0.2) is 0 Å². The lowest BCUT2D eigenvalue weighted by molar-refractivity contribution is 0.250. The van der Waals surface area contributed by atoms with Gasteiger partial charge in [0, 0.05) is 12.6 Å². The first-order chi connectivity index (χ1) is 9.85. The highest BCUT2D eigenvalue weighted by molar-refractivity contribution is 5.27. The van der Waals surface area contributed by atoms with Gasteiger partial charge in [-0.1, -0.05) is 44.5 Å². The third-order valence-corrected chi connectivity index (χ3v) is 4.18. The van der Waals surface area contributed by atoms with Crippen LogP contribution in [0, 0.1) is 0 Å². The van der Waals surface area contributed by atoms with E-state index in [4.69, 9.17) is 0 Å². The highest BCUT2D eigenvalue weighted by Crippen LogP contribution is 2.29. The van der Waals surface area contributed by atoms with Gasteiger partial charge < -0.3 is 5.32 Å². The minimum Gasteiger partial charge on any atom is -0.317 e. The maximum Gasteiger partial charge on any atom is 0.0239 e. The maximum absolute atomic E-state index is 3.43. The van der Waals surface area contributed by atoms with Gasteiger partial charge in [-0.25, -0.2) is 0 Å². The van der Waals surface area contributed by atoms with Crippen LogP contribution in [0.2, 0.25) is 0 Å². The molecule has 20 heavy (non-hydrogen) atoms. The number of benzene rings is 1. The van der Waals surface area contributed by atoms with Crippen LogP contribution < -0.4 is 5.32 Å². The summed E-state index contributed by atoms with van der Waals surface area (Å²) in [6.45, 7) is 9.02. The van der Waals surface area contributed by atoms with Crippen LogP contribution in [0.3, 0.4) is 0 Å². The molecule has 0 aliphatic heterocycles. The fourth-order valence-electron chi connectivity index (χ4n) is 2.77. The predicted octanol–water partition coefficient (Wildman–Crippen LogP) is 3.60. The topological polar surface area (TPSA) is 15.3 Å². The van der Waals surface area contributed by atoms with Crippen molar-refractivity contribution in [3.8, 4) is 0 Å². The maximum atomic E-state index is 3.43. The summed E-state index contributed by atoms with van der Waals surface area (Å²) in [5.41, 5.74) is 3.06. The molecule has 2 rings (SSSR count). The summed E-state index contributed by atoms with van der Waals surface area (Å²) in [4.78, 5) is 2.70. The van der Waals surface area contributed by atoms with Gasteiger partial charge in [0.1, 0.15) is 0 Å². The van der Waals surface area contributed by atoms with Gasteiger partial charge in [-0.15, -0.1) is 0 Å². The van der Waals surface area contributed by atoms with E-state index in [0.29, 0.717) is 0 Å². The van der Waals surface area contributed by atoms with Gasteiger partial charge in [-0.3, -0.25) is 4.90 Å². The molecule has 0 radical (unpaired) electrons. The van der Waals surface area contributed by atoms with Crippen LogP contribution in [0.5, 0.6) is 0 Å². The second kappa shape index (κ2) is 8.43. The molecule has 2 heteroatoms. The molecule has 0 atom stereocenters. The molecule has 2 nitrogen and oxygen atoms in total. The highest BCUT2D eigenvalue weighted by Gasteiger charge is 2.28. The van der Waals surface area contributed by atoms with Crippen molar-refractivity contribution in [2.24, 2.45) is 0 Å². The molecule has 0 saturated heterocycles. The molecule has 1 aromatic carbocycles. The van der Waals surface area contributed by atoms with Crippen LogP contribution in [0.15, 0.2) is 24.3 Å². The van der Waals surface area contributed by atoms with E-state index in [2.05, 4.69) is 48.3 Å². The van der Waals surface area contributed by atoms with E-state index in [1.165, 1.54) is 43.4 Å². The Kier molecular flexibility index (Phi) is 6.55. The lowest BCUT2D eigenvalue weighted by Gasteiger charge is -2.23. The molecule has 0 amide bonds. The standard InChI is InChI=1S/C18H30N2/c1-3-5-14-20(18-10-11-18)15-17-9-7-6-8-16(17)12-13-19-4-2/h6-9,18-19H,3-5,10-15H2,1-2H3. The molecule has 1 aliphatic rings. The fourth-order valence-corrected chi connectivity index (χ4v) is 2.77. The smallest absolute Gasteiger partial charge is 0.0239 e. The third-order valence-electron chi connectivity index (χ3n) is 4.18. The summed E-state index contributed by atoms with van der Waals surface area (Å²) in [6, 6.07) is 9.86. The van der Waals surface area contributed by atoms with Crippen LogP contribution in [0.4, 0.5) is 0 Å². The number of rotatable bonds is 10. The van der Waals surface area contributed by atoms with E-state index >= 15 is 0 Å². The summed E-state index contributed by atoms with van der Waals surface area (Å²) in [5.74, 6) is 0. The molecule has 0 heterocycles. The summed E-state index contributed by atoms with van der Waals surface area (Å²) in [6.07, 6.45) is 6.59. The van der Waals surface area contributed by atoms with Gasteiger partial charge in [0.2, 0.25) is 0 Å². The average Bonchev–Trinajstić information content (AvgIpc) is 3.30. The Hall–Kier alpha value is -0.860. The van der Waals surface area contributed by atoms with E-state index in [1.807, 2.05) is 0 Å². The van der Waals surface area contributed by atoms with Crippen molar-refractivity contribution in [2.75, 3.05) is 19.6 Å². The molecule has 112 valence electrons. The second-order valence-electron chi connectivity index (χ2n) is 5.93. The summed E-state index contributed by atoms with van der Waals surface area (Å²) in [5, 5.41) is 3.43. The minimum atomic E-state index is 0.864. The average molecular weight is 274 g/mol. The zero-order valence-corrected chi connectivity index (χ0v) is 13.2. The van der Waals surface area contributed by atoms with Crippen LogP contribution in [-0.2, 0) is 13.0 Å². The van der Waals surface area contributed by atoms with E-state index in [9.17, 15) is 0 Å². The molecular weight excluding hydrogens is 244 g/mol. The molecule has 1 saturated carbocycles. The van der Waals surface area contributed by atoms with E-state index in [1.54, 1.807) is 0 Å². The Labute approximate surface area is 124 Å². The molecule has 1 fully saturated rings. The van der Waals surface area contributed by atoms with Gasteiger partial charge in [-0.2, -0.15) is 0 Å². The molecule has 0 bridgehead atoms. The first-order valence-corrected chi connectivity index (χ1v) is 8.36. The Morgan fingerprint density at radius 1 is 1.15 bits per heavy atom. The number of nitrogens with one attached hydrogen (secondary N) is 1. The normalized spacial score (nSPS) is 14.9. The van der Waals surface area contributed by atoms with Crippen LogP contribution in [0.25, 0.3) is 0 Å². The van der Waals surface area contributed by atoms with E-state index < -0.39 is 0 Å². The van der Waals surface area contributed by atoms with Crippen molar-refractivity contribution in [2.45, 2.75) is 58.5 Å². The quantitative estimate of drug-likeness (QED) is 0.656. The summed E-state index contributed by atoms with van der Waals surface area (Å²) >= 11 is 0.